The van der Waals surface area contributed by atoms with Gasteiger partial charge in [0.15, 0.2) is 0 Å². The molecule has 2 heterocycles. The molecule has 1 aromatic heterocycles. The van der Waals surface area contributed by atoms with E-state index in [1.54, 1.807) is 0 Å². The van der Waals surface area contributed by atoms with Gasteiger partial charge in [-0.25, -0.2) is 0 Å². The average molecular weight is 242 g/mol. The van der Waals surface area contributed by atoms with Gasteiger partial charge in [0.1, 0.15) is 0 Å². The zero-order valence-electron chi connectivity index (χ0n) is 9.05. The summed E-state index contributed by atoms with van der Waals surface area (Å²) >= 11 is 1.30. The lowest BCUT2D eigenvalue weighted by Crippen LogP contribution is -2.48. The Balaban J connectivity index is 1.88. The van der Waals surface area contributed by atoms with E-state index in [9.17, 15) is 4.79 Å². The van der Waals surface area contributed by atoms with Crippen molar-refractivity contribution in [3.8, 4) is 0 Å². The van der Waals surface area contributed by atoms with Crippen LogP contribution >= 0.6 is 11.8 Å². The molecule has 1 unspecified atom stereocenters. The second kappa shape index (κ2) is 5.31. The fraction of sp³-hybridized carbons (Fsp3) is 0.667. The fourth-order valence-corrected chi connectivity index (χ4v) is 2.30. The van der Waals surface area contributed by atoms with Crippen molar-refractivity contribution in [3.05, 3.63) is 6.39 Å². The third kappa shape index (κ3) is 2.73. The van der Waals surface area contributed by atoms with Crippen LogP contribution in [0.5, 0.6) is 0 Å². The fourth-order valence-electron chi connectivity index (χ4n) is 1.56. The van der Waals surface area contributed by atoms with Crippen LogP contribution in [0.15, 0.2) is 16.0 Å². The number of hydrogen-bond donors (Lipinski definition) is 1. The predicted molar refractivity (Wildman–Crippen MR) is 59.1 cm³/mol. The van der Waals surface area contributed by atoms with E-state index in [2.05, 4.69) is 15.5 Å². The number of carbonyl (C=O) groups is 1. The van der Waals surface area contributed by atoms with Crippen molar-refractivity contribution in [2.24, 2.45) is 0 Å². The number of aromatic nitrogens is 2. The lowest BCUT2D eigenvalue weighted by Gasteiger charge is -2.29. The van der Waals surface area contributed by atoms with Gasteiger partial charge in [-0.15, -0.1) is 10.2 Å². The number of thioether (sulfide) groups is 1. The highest BCUT2D eigenvalue weighted by Crippen LogP contribution is 2.21. The highest BCUT2D eigenvalue weighted by Gasteiger charge is 2.23. The van der Waals surface area contributed by atoms with Gasteiger partial charge in [0, 0.05) is 26.2 Å². The molecule has 1 amide bonds. The van der Waals surface area contributed by atoms with Crippen LogP contribution in [0.3, 0.4) is 0 Å². The molecule has 1 aliphatic heterocycles. The third-order valence-electron chi connectivity index (χ3n) is 2.39. The molecular weight excluding hydrogens is 228 g/mol. The molecule has 1 fully saturated rings. The molecule has 1 aromatic rings. The molecule has 0 bridgehead atoms. The van der Waals surface area contributed by atoms with Crippen LogP contribution in [-0.2, 0) is 4.79 Å². The summed E-state index contributed by atoms with van der Waals surface area (Å²) in [6.07, 6.45) is 1.27. The standard InChI is InChI=1S/C9H14N4O2S/c1-7(16-9-12-11-6-15-9)8(14)13-4-2-10-3-5-13/h6-7,10H,2-5H2,1H3. The maximum Gasteiger partial charge on any atom is 0.277 e. The second-order valence-corrected chi connectivity index (χ2v) is 4.83. The summed E-state index contributed by atoms with van der Waals surface area (Å²) < 4.78 is 5.00. The lowest BCUT2D eigenvalue weighted by atomic mass is 10.3. The van der Waals surface area contributed by atoms with Crippen molar-refractivity contribution in [1.29, 1.82) is 0 Å². The molecule has 2 rings (SSSR count). The molecule has 1 aliphatic rings. The summed E-state index contributed by atoms with van der Waals surface area (Å²) in [5, 5.41) is 10.8. The van der Waals surface area contributed by atoms with Gasteiger partial charge >= 0.3 is 0 Å². The second-order valence-electron chi connectivity index (χ2n) is 3.54. The van der Waals surface area contributed by atoms with E-state index in [-0.39, 0.29) is 11.2 Å². The maximum atomic E-state index is 12.0. The molecule has 1 saturated heterocycles. The number of rotatable bonds is 3. The average Bonchev–Trinajstić information content (AvgIpc) is 2.82. The lowest BCUT2D eigenvalue weighted by molar-refractivity contribution is -0.130. The summed E-state index contributed by atoms with van der Waals surface area (Å²) in [5.74, 6) is 0.129. The van der Waals surface area contributed by atoms with E-state index in [1.807, 2.05) is 11.8 Å². The van der Waals surface area contributed by atoms with Gasteiger partial charge in [0.05, 0.1) is 5.25 Å². The van der Waals surface area contributed by atoms with E-state index in [0.717, 1.165) is 26.2 Å². The Kier molecular flexibility index (Phi) is 3.79. The van der Waals surface area contributed by atoms with Crippen LogP contribution < -0.4 is 5.32 Å². The van der Waals surface area contributed by atoms with Crippen molar-refractivity contribution in [2.45, 2.75) is 17.4 Å². The molecule has 1 N–H and O–H groups in total. The smallest absolute Gasteiger partial charge is 0.277 e. The van der Waals surface area contributed by atoms with E-state index >= 15 is 0 Å². The Morgan fingerprint density at radius 3 is 3.00 bits per heavy atom. The Morgan fingerprint density at radius 2 is 2.38 bits per heavy atom. The molecule has 0 aromatic carbocycles. The molecule has 1 atom stereocenters. The highest BCUT2D eigenvalue weighted by atomic mass is 32.2. The number of nitrogens with one attached hydrogen (secondary N) is 1. The minimum Gasteiger partial charge on any atom is -0.419 e. The van der Waals surface area contributed by atoms with Gasteiger partial charge in [-0.05, 0) is 6.92 Å². The first-order chi connectivity index (χ1) is 7.77. The van der Waals surface area contributed by atoms with Crippen LogP contribution in [0.2, 0.25) is 0 Å². The first-order valence-corrected chi connectivity index (χ1v) is 6.07. The Labute approximate surface area is 97.8 Å². The SMILES string of the molecule is CC(Sc1nnco1)C(=O)N1CCNCC1. The summed E-state index contributed by atoms with van der Waals surface area (Å²) in [4.78, 5) is 13.9. The molecule has 7 heteroatoms. The van der Waals surface area contributed by atoms with Crippen molar-refractivity contribution in [3.63, 3.8) is 0 Å². The van der Waals surface area contributed by atoms with Crippen LogP contribution in [0.1, 0.15) is 6.92 Å². The van der Waals surface area contributed by atoms with Crippen molar-refractivity contribution in [2.75, 3.05) is 26.2 Å². The van der Waals surface area contributed by atoms with Crippen molar-refractivity contribution < 1.29 is 9.21 Å². The highest BCUT2D eigenvalue weighted by molar-refractivity contribution is 8.00. The maximum absolute atomic E-state index is 12.0. The van der Waals surface area contributed by atoms with Crippen LogP contribution in [0, 0.1) is 0 Å². The largest absolute Gasteiger partial charge is 0.419 e. The predicted octanol–water partition coefficient (Wildman–Crippen LogP) is -0.0180. The van der Waals surface area contributed by atoms with E-state index in [0.29, 0.717) is 5.22 Å². The van der Waals surface area contributed by atoms with E-state index < -0.39 is 0 Å². The van der Waals surface area contributed by atoms with Gasteiger partial charge in [0.25, 0.3) is 5.22 Å². The number of amides is 1. The van der Waals surface area contributed by atoms with E-state index in [4.69, 9.17) is 4.42 Å². The minimum atomic E-state index is -0.182. The zero-order chi connectivity index (χ0) is 11.4. The summed E-state index contributed by atoms with van der Waals surface area (Å²) in [7, 11) is 0. The summed E-state index contributed by atoms with van der Waals surface area (Å²) in [6.45, 7) is 5.13. The molecule has 0 aliphatic carbocycles. The number of piperazine rings is 1. The molecule has 88 valence electrons. The van der Waals surface area contributed by atoms with Gasteiger partial charge in [-0.2, -0.15) is 0 Å². The third-order valence-corrected chi connectivity index (χ3v) is 3.33. The van der Waals surface area contributed by atoms with Gasteiger partial charge < -0.3 is 14.6 Å². The van der Waals surface area contributed by atoms with Crippen molar-refractivity contribution in [1.82, 2.24) is 20.4 Å². The Morgan fingerprint density at radius 1 is 1.62 bits per heavy atom. The van der Waals surface area contributed by atoms with Crippen LogP contribution in [0.25, 0.3) is 0 Å². The molecule has 6 nitrogen and oxygen atoms in total. The molecule has 0 spiro atoms. The normalized spacial score (nSPS) is 18.4. The van der Waals surface area contributed by atoms with Gasteiger partial charge in [0.2, 0.25) is 12.3 Å². The first-order valence-electron chi connectivity index (χ1n) is 5.19. The molecule has 16 heavy (non-hydrogen) atoms. The minimum absolute atomic E-state index is 0.129. The monoisotopic (exact) mass is 242 g/mol. The number of nitrogens with zero attached hydrogens (tertiary/aromatic N) is 3. The summed E-state index contributed by atoms with van der Waals surface area (Å²) in [5.41, 5.74) is 0. The molecule has 0 saturated carbocycles. The topological polar surface area (TPSA) is 71.3 Å². The first kappa shape index (κ1) is 11.4. The molecule has 0 radical (unpaired) electrons. The van der Waals surface area contributed by atoms with Gasteiger partial charge in [-0.1, -0.05) is 11.8 Å². The Hall–Kier alpha value is -1.08. The quantitative estimate of drug-likeness (QED) is 0.751. The van der Waals surface area contributed by atoms with Crippen LogP contribution in [-0.4, -0.2) is 52.4 Å². The van der Waals surface area contributed by atoms with Crippen LogP contribution in [0.4, 0.5) is 0 Å². The zero-order valence-corrected chi connectivity index (χ0v) is 9.87. The Bertz CT molecular complexity index is 337. The van der Waals surface area contributed by atoms with E-state index in [1.165, 1.54) is 18.2 Å². The summed E-state index contributed by atoms with van der Waals surface area (Å²) in [6, 6.07) is 0. The molecular formula is C9H14N4O2S. The van der Waals surface area contributed by atoms with Gasteiger partial charge in [-0.3, -0.25) is 4.79 Å². The van der Waals surface area contributed by atoms with Crippen molar-refractivity contribution >= 4 is 17.7 Å². The number of hydrogen-bond acceptors (Lipinski definition) is 6. The number of carbonyl (C=O) groups excluding carboxylic acids is 1.